The molecule has 0 spiro atoms. The van der Waals surface area contributed by atoms with Crippen LogP contribution in [0.4, 0.5) is 13.2 Å². The number of nitrogens with zero attached hydrogens (tertiary/aromatic N) is 5. The number of sulfone groups is 1. The highest BCUT2D eigenvalue weighted by Gasteiger charge is 2.46. The maximum atomic E-state index is 13.0. The minimum atomic E-state index is -4.58. The molecule has 0 N–H and O–H groups in total. The first-order valence-electron chi connectivity index (χ1n) is 9.07. The number of alkyl halides is 3. The second kappa shape index (κ2) is 6.50. The fourth-order valence-electron chi connectivity index (χ4n) is 3.30. The molecule has 0 radical (unpaired) electrons. The Hall–Kier alpha value is -3.00. The Morgan fingerprint density at radius 2 is 1.93 bits per heavy atom. The average Bonchev–Trinajstić information content (AvgIpc) is 3.45. The molecular formula is C19H16F3N5O2S. The summed E-state index contributed by atoms with van der Waals surface area (Å²) in [6.07, 6.45) is -1.20. The molecule has 0 atom stereocenters. The van der Waals surface area contributed by atoms with E-state index in [1.54, 1.807) is 0 Å². The summed E-state index contributed by atoms with van der Waals surface area (Å²) in [4.78, 5) is 12.2. The van der Waals surface area contributed by atoms with Crippen LogP contribution in [0.3, 0.4) is 0 Å². The van der Waals surface area contributed by atoms with E-state index in [0.717, 1.165) is 6.07 Å². The summed E-state index contributed by atoms with van der Waals surface area (Å²) < 4.78 is 66.0. The van der Waals surface area contributed by atoms with Gasteiger partial charge < -0.3 is 4.57 Å². The number of fused-ring (bicyclic) bond motifs is 1. The Bertz CT molecular complexity index is 1320. The molecule has 0 saturated heterocycles. The summed E-state index contributed by atoms with van der Waals surface area (Å²) in [7, 11) is -2.22. The van der Waals surface area contributed by atoms with Crippen LogP contribution in [0.1, 0.15) is 30.9 Å². The van der Waals surface area contributed by atoms with Gasteiger partial charge in [0.15, 0.2) is 21.3 Å². The molecule has 0 aromatic carbocycles. The van der Waals surface area contributed by atoms with Gasteiger partial charge in [0.2, 0.25) is 0 Å². The van der Waals surface area contributed by atoms with Crippen LogP contribution >= 0.6 is 0 Å². The standard InChI is InChI=1S/C19H16F3N5O2S/c1-3-30(28,29)14-7-11(18(10-23)4-5-18)8-24-15(14)17-26-13-6-12(19(20,21)22)9-25-16(13)27(17)2/h6-9H,3-5H2,1-2H3. The first kappa shape index (κ1) is 20.3. The molecule has 4 rings (SSSR count). The molecule has 3 heterocycles. The van der Waals surface area contributed by atoms with E-state index in [2.05, 4.69) is 21.0 Å². The average molecular weight is 435 g/mol. The summed E-state index contributed by atoms with van der Waals surface area (Å²) in [5.74, 6) is -0.123. The number of nitriles is 1. The highest BCUT2D eigenvalue weighted by atomic mass is 32.2. The first-order valence-corrected chi connectivity index (χ1v) is 10.7. The molecule has 30 heavy (non-hydrogen) atoms. The van der Waals surface area contributed by atoms with Crippen molar-refractivity contribution >= 4 is 21.0 Å². The number of aryl methyl sites for hydroxylation is 1. The molecule has 1 aliphatic rings. The molecule has 0 bridgehead atoms. The van der Waals surface area contributed by atoms with Gasteiger partial charge in [-0.3, -0.25) is 4.98 Å². The van der Waals surface area contributed by atoms with Gasteiger partial charge in [0.1, 0.15) is 11.2 Å². The largest absolute Gasteiger partial charge is 0.417 e. The number of hydrogen-bond donors (Lipinski definition) is 0. The van der Waals surface area contributed by atoms with Crippen molar-refractivity contribution in [1.82, 2.24) is 19.5 Å². The van der Waals surface area contributed by atoms with Gasteiger partial charge in [-0.1, -0.05) is 6.92 Å². The Kier molecular flexibility index (Phi) is 4.39. The van der Waals surface area contributed by atoms with Crippen molar-refractivity contribution in [3.63, 3.8) is 0 Å². The highest BCUT2D eigenvalue weighted by molar-refractivity contribution is 7.91. The van der Waals surface area contributed by atoms with E-state index in [1.807, 2.05) is 0 Å². The minimum Gasteiger partial charge on any atom is -0.310 e. The lowest BCUT2D eigenvalue weighted by Crippen LogP contribution is -2.12. The number of hydrogen-bond acceptors (Lipinski definition) is 6. The number of halogens is 3. The van der Waals surface area contributed by atoms with Crippen molar-refractivity contribution in [2.75, 3.05) is 5.75 Å². The van der Waals surface area contributed by atoms with E-state index in [1.165, 1.54) is 30.8 Å². The van der Waals surface area contributed by atoms with E-state index in [9.17, 15) is 26.9 Å². The molecule has 1 saturated carbocycles. The molecule has 0 aliphatic heterocycles. The van der Waals surface area contributed by atoms with Crippen LogP contribution in [0.2, 0.25) is 0 Å². The van der Waals surface area contributed by atoms with Crippen molar-refractivity contribution in [2.24, 2.45) is 7.05 Å². The molecule has 7 nitrogen and oxygen atoms in total. The van der Waals surface area contributed by atoms with Crippen molar-refractivity contribution < 1.29 is 21.6 Å². The first-order chi connectivity index (χ1) is 14.0. The van der Waals surface area contributed by atoms with Crippen molar-refractivity contribution in [2.45, 2.75) is 36.3 Å². The Balaban J connectivity index is 1.95. The highest BCUT2D eigenvalue weighted by Crippen LogP contribution is 2.48. The summed E-state index contributed by atoms with van der Waals surface area (Å²) in [5.41, 5.74) is -1.02. The van der Waals surface area contributed by atoms with Gasteiger partial charge in [-0.25, -0.2) is 18.4 Å². The van der Waals surface area contributed by atoms with E-state index >= 15 is 0 Å². The van der Waals surface area contributed by atoms with E-state index in [4.69, 9.17) is 0 Å². The van der Waals surface area contributed by atoms with E-state index in [-0.39, 0.29) is 33.3 Å². The number of aromatic nitrogens is 4. The predicted molar refractivity (Wildman–Crippen MR) is 101 cm³/mol. The van der Waals surface area contributed by atoms with Crippen LogP contribution in [0.15, 0.2) is 29.4 Å². The van der Waals surface area contributed by atoms with Gasteiger partial charge in [0, 0.05) is 19.4 Å². The number of imidazole rings is 1. The lowest BCUT2D eigenvalue weighted by Gasteiger charge is -2.13. The summed E-state index contributed by atoms with van der Waals surface area (Å²) in [6.45, 7) is 1.48. The van der Waals surface area contributed by atoms with Crippen molar-refractivity contribution in [3.05, 3.63) is 35.7 Å². The van der Waals surface area contributed by atoms with Crippen LogP contribution in [-0.4, -0.2) is 33.7 Å². The molecule has 0 amide bonds. The summed E-state index contributed by atoms with van der Waals surface area (Å²) >= 11 is 0. The third-order valence-electron chi connectivity index (χ3n) is 5.33. The zero-order valence-electron chi connectivity index (χ0n) is 16.0. The van der Waals surface area contributed by atoms with Crippen LogP contribution in [0.5, 0.6) is 0 Å². The van der Waals surface area contributed by atoms with Gasteiger partial charge in [0.05, 0.1) is 27.7 Å². The van der Waals surface area contributed by atoms with Crippen molar-refractivity contribution in [1.29, 1.82) is 5.26 Å². The predicted octanol–water partition coefficient (Wildman–Crippen LogP) is 3.40. The topological polar surface area (TPSA) is 102 Å². The Labute approximate surface area is 170 Å². The van der Waals surface area contributed by atoms with Gasteiger partial charge in [0.25, 0.3) is 0 Å². The second-order valence-corrected chi connectivity index (χ2v) is 9.47. The maximum Gasteiger partial charge on any atom is 0.417 e. The number of rotatable bonds is 4. The maximum absolute atomic E-state index is 13.0. The molecule has 3 aromatic heterocycles. The van der Waals surface area contributed by atoms with Gasteiger partial charge in [-0.15, -0.1) is 0 Å². The second-order valence-electron chi connectivity index (χ2n) is 7.23. The fraction of sp³-hybridized carbons (Fsp3) is 0.368. The molecule has 156 valence electrons. The summed E-state index contributed by atoms with van der Waals surface area (Å²) in [5, 5.41) is 9.43. The Morgan fingerprint density at radius 3 is 2.50 bits per heavy atom. The lowest BCUT2D eigenvalue weighted by molar-refractivity contribution is -0.137. The number of pyridine rings is 2. The fourth-order valence-corrected chi connectivity index (χ4v) is 4.36. The minimum absolute atomic E-state index is 0.0170. The van der Waals surface area contributed by atoms with Crippen LogP contribution < -0.4 is 0 Å². The quantitative estimate of drug-likeness (QED) is 0.623. The zero-order valence-corrected chi connectivity index (χ0v) is 16.8. The third kappa shape index (κ3) is 3.11. The van der Waals surface area contributed by atoms with Gasteiger partial charge in [-0.05, 0) is 30.5 Å². The molecule has 1 fully saturated rings. The van der Waals surface area contributed by atoms with E-state index in [0.29, 0.717) is 24.6 Å². The van der Waals surface area contributed by atoms with Crippen molar-refractivity contribution in [3.8, 4) is 17.6 Å². The van der Waals surface area contributed by atoms with Gasteiger partial charge in [-0.2, -0.15) is 18.4 Å². The molecule has 1 aliphatic carbocycles. The van der Waals surface area contributed by atoms with Gasteiger partial charge >= 0.3 is 6.18 Å². The normalized spacial score (nSPS) is 15.9. The molecule has 0 unspecified atom stereocenters. The monoisotopic (exact) mass is 435 g/mol. The summed E-state index contributed by atoms with van der Waals surface area (Å²) in [6, 6.07) is 4.51. The third-order valence-corrected chi connectivity index (χ3v) is 7.07. The van der Waals surface area contributed by atoms with Crippen LogP contribution in [-0.2, 0) is 28.5 Å². The van der Waals surface area contributed by atoms with Crippen LogP contribution in [0, 0.1) is 11.3 Å². The zero-order chi connectivity index (χ0) is 21.9. The smallest absolute Gasteiger partial charge is 0.310 e. The SMILES string of the molecule is CCS(=O)(=O)c1cc(C2(C#N)CC2)cnc1-c1nc2cc(C(F)(F)F)cnc2n1C. The molecule has 11 heteroatoms. The Morgan fingerprint density at radius 1 is 1.23 bits per heavy atom. The molecule has 3 aromatic rings. The lowest BCUT2D eigenvalue weighted by atomic mass is 9.99. The molecular weight excluding hydrogens is 419 g/mol. The van der Waals surface area contributed by atoms with Crippen LogP contribution in [0.25, 0.3) is 22.7 Å². The van der Waals surface area contributed by atoms with E-state index < -0.39 is 27.0 Å².